The molecular formula is C28H25ClN2O2. The van der Waals surface area contributed by atoms with Crippen molar-refractivity contribution in [1.82, 2.24) is 4.90 Å². The van der Waals surface area contributed by atoms with Crippen LogP contribution < -0.4 is 5.32 Å². The van der Waals surface area contributed by atoms with Crippen molar-refractivity contribution in [2.45, 2.75) is 30.7 Å². The first-order chi connectivity index (χ1) is 16.0. The number of ketones is 1. The summed E-state index contributed by atoms with van der Waals surface area (Å²) in [6.07, 6.45) is 2.32. The number of amides is 1. The molecule has 3 aliphatic rings. The van der Waals surface area contributed by atoms with Crippen LogP contribution in [-0.2, 0) is 16.8 Å². The van der Waals surface area contributed by atoms with E-state index in [0.29, 0.717) is 18.0 Å². The summed E-state index contributed by atoms with van der Waals surface area (Å²) in [7, 11) is 1.99. The van der Waals surface area contributed by atoms with Gasteiger partial charge in [-0.05, 0) is 55.6 Å². The highest BCUT2D eigenvalue weighted by Crippen LogP contribution is 2.65. The van der Waals surface area contributed by atoms with Gasteiger partial charge in [0, 0.05) is 34.3 Å². The first kappa shape index (κ1) is 20.6. The van der Waals surface area contributed by atoms with Gasteiger partial charge in [-0.15, -0.1) is 0 Å². The molecule has 3 atom stereocenters. The average molecular weight is 457 g/mol. The van der Waals surface area contributed by atoms with E-state index in [1.165, 1.54) is 0 Å². The van der Waals surface area contributed by atoms with Crippen molar-refractivity contribution in [1.29, 1.82) is 0 Å². The third-order valence-corrected chi connectivity index (χ3v) is 8.37. The second-order valence-corrected chi connectivity index (χ2v) is 9.94. The SMILES string of the molecule is CN1CC(c2ccc(Cl)cc2)C2(CCCc3ccccc3C2=O)C12C(=O)Nc1ccccc12. The van der Waals surface area contributed by atoms with Crippen LogP contribution in [0.1, 0.15) is 45.8 Å². The molecule has 5 heteroatoms. The van der Waals surface area contributed by atoms with Gasteiger partial charge in [0.05, 0.1) is 5.41 Å². The molecule has 4 nitrogen and oxygen atoms in total. The van der Waals surface area contributed by atoms with Crippen molar-refractivity contribution in [3.8, 4) is 0 Å². The third-order valence-electron chi connectivity index (χ3n) is 8.12. The van der Waals surface area contributed by atoms with E-state index in [-0.39, 0.29) is 17.6 Å². The molecule has 2 spiro atoms. The zero-order valence-electron chi connectivity index (χ0n) is 18.5. The van der Waals surface area contributed by atoms with Crippen molar-refractivity contribution in [3.05, 3.63) is 100 Å². The first-order valence-corrected chi connectivity index (χ1v) is 11.9. The lowest BCUT2D eigenvalue weighted by Crippen LogP contribution is -2.58. The number of para-hydroxylation sites is 1. The molecule has 33 heavy (non-hydrogen) atoms. The maximum Gasteiger partial charge on any atom is 0.250 e. The van der Waals surface area contributed by atoms with Gasteiger partial charge in [0.15, 0.2) is 5.78 Å². The fourth-order valence-electron chi connectivity index (χ4n) is 6.86. The molecule has 1 N–H and O–H groups in total. The largest absolute Gasteiger partial charge is 0.324 e. The molecule has 3 aromatic rings. The number of hydrogen-bond donors (Lipinski definition) is 1. The molecule has 1 aliphatic carbocycles. The Kier molecular flexibility index (Phi) is 4.55. The Morgan fingerprint density at radius 2 is 1.70 bits per heavy atom. The van der Waals surface area contributed by atoms with Crippen molar-refractivity contribution in [2.75, 3.05) is 18.9 Å². The van der Waals surface area contributed by atoms with Crippen LogP contribution in [0.2, 0.25) is 5.02 Å². The second kappa shape index (κ2) is 7.28. The van der Waals surface area contributed by atoms with E-state index in [1.807, 2.05) is 73.8 Å². The molecule has 6 rings (SSSR count). The Labute approximate surface area is 198 Å². The molecule has 1 amide bonds. The molecule has 0 bridgehead atoms. The van der Waals surface area contributed by atoms with Gasteiger partial charge in [0.1, 0.15) is 5.54 Å². The molecular weight excluding hydrogens is 432 g/mol. The standard InChI is InChI=1S/C28H25ClN2O2/c1-31-17-23(19-12-14-20(29)15-13-19)27(16-6-8-18-7-2-3-9-21(18)25(27)32)28(31)22-10-4-5-11-24(22)30-26(28)33/h2-5,7,9-15,23H,6,8,16-17H2,1H3,(H,30,33). The molecule has 1 saturated heterocycles. The first-order valence-electron chi connectivity index (χ1n) is 11.5. The van der Waals surface area contributed by atoms with E-state index in [1.54, 1.807) is 0 Å². The average Bonchev–Trinajstić information content (AvgIpc) is 3.21. The summed E-state index contributed by atoms with van der Waals surface area (Å²) in [5, 5.41) is 3.79. The number of benzene rings is 3. The number of hydrogen-bond acceptors (Lipinski definition) is 3. The van der Waals surface area contributed by atoms with Gasteiger partial charge in [0.25, 0.3) is 5.91 Å². The fraction of sp³-hybridized carbons (Fsp3) is 0.286. The van der Waals surface area contributed by atoms with Gasteiger partial charge >= 0.3 is 0 Å². The minimum Gasteiger partial charge on any atom is -0.324 e. The monoisotopic (exact) mass is 456 g/mol. The summed E-state index contributed by atoms with van der Waals surface area (Å²) in [6.45, 7) is 0.608. The van der Waals surface area contributed by atoms with E-state index in [2.05, 4.69) is 16.3 Å². The third kappa shape index (κ3) is 2.56. The number of aryl methyl sites for hydroxylation is 1. The van der Waals surface area contributed by atoms with E-state index >= 15 is 0 Å². The van der Waals surface area contributed by atoms with Gasteiger partial charge in [-0.1, -0.05) is 66.2 Å². The molecule has 0 saturated carbocycles. The molecule has 0 radical (unpaired) electrons. The topological polar surface area (TPSA) is 49.4 Å². The predicted molar refractivity (Wildman–Crippen MR) is 130 cm³/mol. The number of anilines is 1. The number of fused-ring (bicyclic) bond motifs is 4. The number of halogens is 1. The second-order valence-electron chi connectivity index (χ2n) is 9.51. The number of likely N-dealkylation sites (N-methyl/N-ethyl adjacent to an activating group) is 1. The summed E-state index contributed by atoms with van der Waals surface area (Å²) in [4.78, 5) is 30.9. The van der Waals surface area contributed by atoms with E-state index < -0.39 is 11.0 Å². The quantitative estimate of drug-likeness (QED) is 0.531. The number of Topliss-reactive ketones (excluding diaryl/α,β-unsaturated/α-hetero) is 1. The fourth-order valence-corrected chi connectivity index (χ4v) is 6.98. The van der Waals surface area contributed by atoms with Crippen molar-refractivity contribution >= 4 is 29.0 Å². The molecule has 2 aliphatic heterocycles. The summed E-state index contributed by atoms with van der Waals surface area (Å²) < 4.78 is 0. The van der Waals surface area contributed by atoms with Crippen molar-refractivity contribution in [2.24, 2.45) is 5.41 Å². The summed E-state index contributed by atoms with van der Waals surface area (Å²) >= 11 is 6.22. The van der Waals surface area contributed by atoms with Crippen LogP contribution in [0.3, 0.4) is 0 Å². The smallest absolute Gasteiger partial charge is 0.250 e. The van der Waals surface area contributed by atoms with Crippen LogP contribution in [-0.4, -0.2) is 30.2 Å². The van der Waals surface area contributed by atoms with E-state index in [9.17, 15) is 9.59 Å². The van der Waals surface area contributed by atoms with Gasteiger partial charge in [-0.3, -0.25) is 14.5 Å². The molecule has 3 aromatic carbocycles. The molecule has 3 unspecified atom stereocenters. The number of likely N-dealkylation sites (tertiary alicyclic amines) is 1. The minimum absolute atomic E-state index is 0.0757. The number of carbonyl (C=O) groups excluding carboxylic acids is 2. The maximum atomic E-state index is 14.7. The Balaban J connectivity index is 1.68. The molecule has 0 aromatic heterocycles. The Bertz CT molecular complexity index is 1290. The van der Waals surface area contributed by atoms with Gasteiger partial charge in [-0.25, -0.2) is 0 Å². The summed E-state index contributed by atoms with van der Waals surface area (Å²) in [6, 6.07) is 23.6. The van der Waals surface area contributed by atoms with E-state index in [0.717, 1.165) is 40.8 Å². The van der Waals surface area contributed by atoms with Crippen LogP contribution in [0.15, 0.2) is 72.8 Å². The zero-order valence-corrected chi connectivity index (χ0v) is 19.2. The van der Waals surface area contributed by atoms with Crippen LogP contribution in [0.5, 0.6) is 0 Å². The van der Waals surface area contributed by atoms with Gasteiger partial charge < -0.3 is 5.32 Å². The van der Waals surface area contributed by atoms with Crippen molar-refractivity contribution in [3.63, 3.8) is 0 Å². The molecule has 166 valence electrons. The van der Waals surface area contributed by atoms with Crippen LogP contribution >= 0.6 is 11.6 Å². The normalized spacial score (nSPS) is 28.6. The Hall–Kier alpha value is -2.95. The highest BCUT2D eigenvalue weighted by molar-refractivity contribution is 6.30. The summed E-state index contributed by atoms with van der Waals surface area (Å²) in [5.41, 5.74) is 2.58. The highest BCUT2D eigenvalue weighted by Gasteiger charge is 2.73. The lowest BCUT2D eigenvalue weighted by atomic mass is 9.56. The maximum absolute atomic E-state index is 14.7. The number of nitrogens with zero attached hydrogens (tertiary/aromatic N) is 1. The van der Waals surface area contributed by atoms with Crippen LogP contribution in [0.4, 0.5) is 5.69 Å². The van der Waals surface area contributed by atoms with Crippen molar-refractivity contribution < 1.29 is 9.59 Å². The highest BCUT2D eigenvalue weighted by atomic mass is 35.5. The van der Waals surface area contributed by atoms with Crippen LogP contribution in [0.25, 0.3) is 0 Å². The lowest BCUT2D eigenvalue weighted by Gasteiger charge is -2.45. The van der Waals surface area contributed by atoms with Gasteiger partial charge in [0.2, 0.25) is 0 Å². The lowest BCUT2D eigenvalue weighted by molar-refractivity contribution is -0.130. The minimum atomic E-state index is -1.07. The predicted octanol–water partition coefficient (Wildman–Crippen LogP) is 5.42. The Morgan fingerprint density at radius 3 is 2.52 bits per heavy atom. The zero-order chi connectivity index (χ0) is 22.8. The Morgan fingerprint density at radius 1 is 0.970 bits per heavy atom. The summed E-state index contributed by atoms with van der Waals surface area (Å²) in [5.74, 6) is -0.169. The number of rotatable bonds is 1. The molecule has 2 heterocycles. The van der Waals surface area contributed by atoms with Crippen LogP contribution in [0, 0.1) is 5.41 Å². The van der Waals surface area contributed by atoms with E-state index in [4.69, 9.17) is 11.6 Å². The number of nitrogens with one attached hydrogen (secondary N) is 1. The van der Waals surface area contributed by atoms with Gasteiger partial charge in [-0.2, -0.15) is 0 Å². The molecule has 1 fully saturated rings. The number of carbonyl (C=O) groups is 2.